The Morgan fingerprint density at radius 1 is 1.30 bits per heavy atom. The zero-order valence-corrected chi connectivity index (χ0v) is 13.5. The van der Waals surface area contributed by atoms with Crippen LogP contribution in [0.2, 0.25) is 0 Å². The number of sulfonamides is 1. The zero-order valence-electron chi connectivity index (χ0n) is 11.1. The first-order valence-electron chi connectivity index (χ1n) is 6.26. The van der Waals surface area contributed by atoms with Crippen LogP contribution in [0.25, 0.3) is 0 Å². The molecule has 1 N–H and O–H groups in total. The number of likely N-dealkylation sites (tertiary alicyclic amines) is 1. The van der Waals surface area contributed by atoms with Gasteiger partial charge in [-0.1, -0.05) is 15.9 Å². The number of rotatable bonds is 3. The second-order valence-corrected chi connectivity index (χ2v) is 7.65. The number of benzene rings is 1. The van der Waals surface area contributed by atoms with E-state index in [9.17, 15) is 13.7 Å². The Balaban J connectivity index is 2.23. The maximum atomic E-state index is 12.4. The summed E-state index contributed by atoms with van der Waals surface area (Å²) < 4.78 is 28.1. The lowest BCUT2D eigenvalue weighted by atomic mass is 9.91. The highest BCUT2D eigenvalue weighted by atomic mass is 79.9. The molecule has 1 aromatic rings. The van der Waals surface area contributed by atoms with Gasteiger partial charge in [-0.15, -0.1) is 0 Å². The van der Waals surface area contributed by atoms with Crippen LogP contribution < -0.4 is 4.72 Å². The predicted octanol–water partition coefficient (Wildman–Crippen LogP) is 1.72. The molecule has 0 aromatic heterocycles. The minimum Gasteiger partial charge on any atom is -0.306 e. The molecular formula is C13H16BrN3O2S. The first kappa shape index (κ1) is 15.4. The molecule has 1 aromatic carbocycles. The van der Waals surface area contributed by atoms with Crippen molar-refractivity contribution in [3.05, 3.63) is 28.7 Å². The number of nitrogens with one attached hydrogen (secondary N) is 1. The number of nitriles is 1. The van der Waals surface area contributed by atoms with Crippen molar-refractivity contribution in [3.8, 4) is 6.07 Å². The molecule has 0 spiro atoms. The van der Waals surface area contributed by atoms with Crippen LogP contribution in [-0.2, 0) is 10.0 Å². The largest absolute Gasteiger partial charge is 0.306 e. The molecule has 1 saturated heterocycles. The van der Waals surface area contributed by atoms with Gasteiger partial charge in [0, 0.05) is 17.6 Å². The molecule has 20 heavy (non-hydrogen) atoms. The Bertz CT molecular complexity index is 614. The highest BCUT2D eigenvalue weighted by Gasteiger charge is 2.38. The maximum absolute atomic E-state index is 12.4. The molecule has 0 bridgehead atoms. The van der Waals surface area contributed by atoms with Crippen LogP contribution in [0.5, 0.6) is 0 Å². The van der Waals surface area contributed by atoms with E-state index in [2.05, 4.69) is 31.6 Å². The van der Waals surface area contributed by atoms with Gasteiger partial charge in [-0.3, -0.25) is 0 Å². The van der Waals surface area contributed by atoms with Gasteiger partial charge in [0.05, 0.1) is 11.0 Å². The fourth-order valence-corrected chi connectivity index (χ4v) is 3.81. The third-order valence-electron chi connectivity index (χ3n) is 3.51. The van der Waals surface area contributed by atoms with Gasteiger partial charge in [-0.05, 0) is 44.2 Å². The van der Waals surface area contributed by atoms with Crippen molar-refractivity contribution in [2.75, 3.05) is 20.1 Å². The van der Waals surface area contributed by atoms with Crippen LogP contribution in [-0.4, -0.2) is 39.0 Å². The van der Waals surface area contributed by atoms with E-state index in [4.69, 9.17) is 0 Å². The Hall–Kier alpha value is -0.940. The van der Waals surface area contributed by atoms with Crippen molar-refractivity contribution in [1.29, 1.82) is 5.26 Å². The normalized spacial score (nSPS) is 19.4. The van der Waals surface area contributed by atoms with E-state index in [1.165, 1.54) is 12.1 Å². The van der Waals surface area contributed by atoms with Gasteiger partial charge < -0.3 is 4.90 Å². The fourth-order valence-electron chi connectivity index (χ4n) is 2.17. The van der Waals surface area contributed by atoms with Crippen LogP contribution in [0.1, 0.15) is 12.8 Å². The van der Waals surface area contributed by atoms with Gasteiger partial charge in [0.2, 0.25) is 10.0 Å². The van der Waals surface area contributed by atoms with Crippen LogP contribution >= 0.6 is 15.9 Å². The molecule has 0 unspecified atom stereocenters. The molecule has 1 aliphatic rings. The Morgan fingerprint density at radius 3 is 2.35 bits per heavy atom. The van der Waals surface area contributed by atoms with E-state index in [-0.39, 0.29) is 4.90 Å². The molecule has 2 rings (SSSR count). The first-order valence-corrected chi connectivity index (χ1v) is 8.54. The highest BCUT2D eigenvalue weighted by Crippen LogP contribution is 2.24. The third kappa shape index (κ3) is 3.38. The molecule has 1 aliphatic heterocycles. The molecule has 1 fully saturated rings. The van der Waals surface area contributed by atoms with Gasteiger partial charge in [0.15, 0.2) is 0 Å². The topological polar surface area (TPSA) is 73.2 Å². The van der Waals surface area contributed by atoms with Crippen molar-refractivity contribution >= 4 is 26.0 Å². The van der Waals surface area contributed by atoms with E-state index in [0.29, 0.717) is 25.9 Å². The molecule has 0 saturated carbocycles. The quantitative estimate of drug-likeness (QED) is 0.893. The van der Waals surface area contributed by atoms with E-state index >= 15 is 0 Å². The summed E-state index contributed by atoms with van der Waals surface area (Å²) in [6.07, 6.45) is 0.992. The van der Waals surface area contributed by atoms with Gasteiger partial charge in [-0.25, -0.2) is 8.42 Å². The van der Waals surface area contributed by atoms with Gasteiger partial charge >= 0.3 is 0 Å². The Labute approximate surface area is 127 Å². The minimum atomic E-state index is -3.68. The smallest absolute Gasteiger partial charge is 0.241 e. The van der Waals surface area contributed by atoms with Crippen molar-refractivity contribution in [3.63, 3.8) is 0 Å². The van der Waals surface area contributed by atoms with Crippen molar-refractivity contribution < 1.29 is 8.42 Å². The molecule has 7 heteroatoms. The molecule has 0 atom stereocenters. The summed E-state index contributed by atoms with van der Waals surface area (Å²) in [5.41, 5.74) is -1.00. The van der Waals surface area contributed by atoms with Crippen LogP contribution in [0.15, 0.2) is 33.6 Å². The lowest BCUT2D eigenvalue weighted by Gasteiger charge is -2.35. The molecule has 5 nitrogen and oxygen atoms in total. The van der Waals surface area contributed by atoms with Crippen molar-refractivity contribution in [1.82, 2.24) is 9.62 Å². The van der Waals surface area contributed by atoms with Crippen molar-refractivity contribution in [2.45, 2.75) is 23.3 Å². The van der Waals surface area contributed by atoms with Gasteiger partial charge in [-0.2, -0.15) is 9.98 Å². The number of halogens is 1. The lowest BCUT2D eigenvalue weighted by Crippen LogP contribution is -2.53. The summed E-state index contributed by atoms with van der Waals surface area (Å²) >= 11 is 3.27. The molecule has 0 radical (unpaired) electrons. The average Bonchev–Trinajstić information content (AvgIpc) is 2.42. The molecule has 0 aliphatic carbocycles. The van der Waals surface area contributed by atoms with Crippen LogP contribution in [0.4, 0.5) is 0 Å². The average molecular weight is 358 g/mol. The lowest BCUT2D eigenvalue weighted by molar-refractivity contribution is 0.213. The number of piperidine rings is 1. The SMILES string of the molecule is CN1CCC(C#N)(NS(=O)(=O)c2ccc(Br)cc2)CC1. The summed E-state index contributed by atoms with van der Waals surface area (Å²) in [5, 5.41) is 9.38. The Kier molecular flexibility index (Phi) is 4.49. The Morgan fingerprint density at radius 2 is 1.85 bits per heavy atom. The minimum absolute atomic E-state index is 0.175. The molecule has 1 heterocycles. The summed E-state index contributed by atoms with van der Waals surface area (Å²) in [7, 11) is -1.71. The molecular weight excluding hydrogens is 342 g/mol. The monoisotopic (exact) mass is 357 g/mol. The van der Waals surface area contributed by atoms with E-state index in [1.54, 1.807) is 12.1 Å². The highest BCUT2D eigenvalue weighted by molar-refractivity contribution is 9.10. The first-order chi connectivity index (χ1) is 9.37. The summed E-state index contributed by atoms with van der Waals surface area (Å²) in [4.78, 5) is 2.26. The molecule has 0 amide bonds. The van der Waals surface area contributed by atoms with Gasteiger partial charge in [0.1, 0.15) is 5.54 Å². The summed E-state index contributed by atoms with van der Waals surface area (Å²) in [5.74, 6) is 0. The zero-order chi connectivity index (χ0) is 14.8. The van der Waals surface area contributed by atoms with Crippen LogP contribution in [0.3, 0.4) is 0 Å². The summed E-state index contributed by atoms with van der Waals surface area (Å²) in [6.45, 7) is 1.41. The number of hydrogen-bond donors (Lipinski definition) is 1. The van der Waals surface area contributed by atoms with Gasteiger partial charge in [0.25, 0.3) is 0 Å². The molecule has 108 valence electrons. The number of nitrogens with zero attached hydrogens (tertiary/aromatic N) is 2. The second-order valence-electron chi connectivity index (χ2n) is 5.06. The number of hydrogen-bond acceptors (Lipinski definition) is 4. The fraction of sp³-hybridized carbons (Fsp3) is 0.462. The maximum Gasteiger partial charge on any atom is 0.241 e. The van der Waals surface area contributed by atoms with E-state index in [0.717, 1.165) is 4.47 Å². The van der Waals surface area contributed by atoms with E-state index in [1.807, 2.05) is 7.05 Å². The summed E-state index contributed by atoms with van der Waals surface area (Å²) in [6, 6.07) is 8.53. The van der Waals surface area contributed by atoms with Crippen LogP contribution in [0, 0.1) is 11.3 Å². The predicted molar refractivity (Wildman–Crippen MR) is 79.5 cm³/mol. The van der Waals surface area contributed by atoms with Crippen molar-refractivity contribution in [2.24, 2.45) is 0 Å². The third-order valence-corrected chi connectivity index (χ3v) is 5.59. The second kappa shape index (κ2) is 5.82. The van der Waals surface area contributed by atoms with E-state index < -0.39 is 15.6 Å². The standard InChI is InChI=1S/C13H16BrN3O2S/c1-17-8-6-13(10-15,7-9-17)16-20(18,19)12-4-2-11(14)3-5-12/h2-5,16H,6-9H2,1H3.